The number of benzene rings is 1. The molecule has 1 aliphatic rings. The zero-order chi connectivity index (χ0) is 13.1. The highest BCUT2D eigenvalue weighted by atomic mass is 19.1. The van der Waals surface area contributed by atoms with E-state index in [-0.39, 0.29) is 11.7 Å². The third-order valence-corrected chi connectivity index (χ3v) is 3.29. The van der Waals surface area contributed by atoms with Crippen molar-refractivity contribution in [3.05, 3.63) is 35.4 Å². The number of morpholine rings is 1. The van der Waals surface area contributed by atoms with E-state index in [4.69, 9.17) is 4.74 Å². The Morgan fingerprint density at radius 3 is 2.61 bits per heavy atom. The van der Waals surface area contributed by atoms with Gasteiger partial charge in [-0.1, -0.05) is 6.07 Å². The minimum Gasteiger partial charge on any atom is -0.374 e. The van der Waals surface area contributed by atoms with E-state index in [1.54, 1.807) is 7.05 Å². The summed E-state index contributed by atoms with van der Waals surface area (Å²) < 4.78 is 33.2. The van der Waals surface area contributed by atoms with E-state index >= 15 is 0 Å². The van der Waals surface area contributed by atoms with Gasteiger partial charge in [0.05, 0.1) is 18.8 Å². The molecule has 1 aromatic rings. The largest absolute Gasteiger partial charge is 0.374 e. The lowest BCUT2D eigenvalue weighted by molar-refractivity contribution is -0.0391. The monoisotopic (exact) mass is 256 g/mol. The number of nitrogens with zero attached hydrogens (tertiary/aromatic N) is 1. The molecule has 2 atom stereocenters. The molecular weight excluding hydrogens is 238 g/mol. The van der Waals surface area contributed by atoms with E-state index in [0.29, 0.717) is 13.2 Å². The van der Waals surface area contributed by atoms with Crippen LogP contribution in [-0.2, 0) is 4.74 Å². The van der Waals surface area contributed by atoms with Crippen molar-refractivity contribution in [1.29, 1.82) is 0 Å². The smallest absolute Gasteiger partial charge is 0.131 e. The Balaban J connectivity index is 2.27. The molecule has 0 amide bonds. The highest BCUT2D eigenvalue weighted by Crippen LogP contribution is 2.26. The molecule has 1 saturated heterocycles. The number of hydrogen-bond acceptors (Lipinski definition) is 3. The molecule has 2 unspecified atom stereocenters. The Hall–Kier alpha value is -1.04. The SMILES string of the molecule is CNC(c1c(F)cccc1F)C1CN(C)CCO1. The van der Waals surface area contributed by atoms with Crippen LogP contribution in [0.1, 0.15) is 11.6 Å². The molecule has 5 heteroatoms. The highest BCUT2D eigenvalue weighted by Gasteiger charge is 2.30. The van der Waals surface area contributed by atoms with Crippen LogP contribution < -0.4 is 5.32 Å². The molecule has 0 saturated carbocycles. The number of halogens is 2. The van der Waals surface area contributed by atoms with Crippen LogP contribution in [-0.4, -0.2) is 44.8 Å². The molecule has 3 nitrogen and oxygen atoms in total. The maximum Gasteiger partial charge on any atom is 0.131 e. The molecule has 1 N–H and O–H groups in total. The van der Waals surface area contributed by atoms with Gasteiger partial charge in [-0.2, -0.15) is 0 Å². The second kappa shape index (κ2) is 5.73. The van der Waals surface area contributed by atoms with Gasteiger partial charge in [-0.05, 0) is 26.2 Å². The average Bonchev–Trinajstić information content (AvgIpc) is 2.34. The Morgan fingerprint density at radius 1 is 1.39 bits per heavy atom. The molecule has 1 aromatic carbocycles. The van der Waals surface area contributed by atoms with Gasteiger partial charge in [-0.15, -0.1) is 0 Å². The predicted octanol–water partition coefficient (Wildman–Crippen LogP) is 1.56. The summed E-state index contributed by atoms with van der Waals surface area (Å²) in [4.78, 5) is 2.09. The van der Waals surface area contributed by atoms with Crippen LogP contribution in [0.15, 0.2) is 18.2 Å². The summed E-state index contributed by atoms with van der Waals surface area (Å²) in [6, 6.07) is 3.44. The Bertz CT molecular complexity index is 394. The molecule has 1 heterocycles. The second-order valence-corrected chi connectivity index (χ2v) is 4.57. The van der Waals surface area contributed by atoms with E-state index in [1.165, 1.54) is 18.2 Å². The van der Waals surface area contributed by atoms with Crippen molar-refractivity contribution in [3.8, 4) is 0 Å². The first-order chi connectivity index (χ1) is 8.63. The summed E-state index contributed by atoms with van der Waals surface area (Å²) in [5.41, 5.74) is 0.0558. The van der Waals surface area contributed by atoms with Gasteiger partial charge in [0.25, 0.3) is 0 Å². The lowest BCUT2D eigenvalue weighted by Crippen LogP contribution is -2.46. The van der Waals surface area contributed by atoms with Gasteiger partial charge in [-0.3, -0.25) is 0 Å². The minimum atomic E-state index is -0.536. The first kappa shape index (κ1) is 13.4. The Labute approximate surface area is 106 Å². The third-order valence-electron chi connectivity index (χ3n) is 3.29. The van der Waals surface area contributed by atoms with Crippen molar-refractivity contribution in [3.63, 3.8) is 0 Å². The van der Waals surface area contributed by atoms with Crippen LogP contribution >= 0.6 is 0 Å². The van der Waals surface area contributed by atoms with Crippen LogP contribution in [0.2, 0.25) is 0 Å². The predicted molar refractivity (Wildman–Crippen MR) is 65.4 cm³/mol. The Kier molecular flexibility index (Phi) is 4.27. The molecule has 0 radical (unpaired) electrons. The minimum absolute atomic E-state index is 0.0558. The summed E-state index contributed by atoms with van der Waals surface area (Å²) in [7, 11) is 3.66. The van der Waals surface area contributed by atoms with Crippen molar-refractivity contribution >= 4 is 0 Å². The van der Waals surface area contributed by atoms with Crippen molar-refractivity contribution in [2.24, 2.45) is 0 Å². The lowest BCUT2D eigenvalue weighted by atomic mass is 9.99. The van der Waals surface area contributed by atoms with E-state index < -0.39 is 17.7 Å². The van der Waals surface area contributed by atoms with E-state index in [0.717, 1.165) is 6.54 Å². The number of nitrogens with one attached hydrogen (secondary N) is 1. The molecule has 0 aromatic heterocycles. The van der Waals surface area contributed by atoms with E-state index in [9.17, 15) is 8.78 Å². The molecular formula is C13H18F2N2O. The van der Waals surface area contributed by atoms with Crippen molar-refractivity contribution in [2.45, 2.75) is 12.1 Å². The maximum absolute atomic E-state index is 13.8. The number of hydrogen-bond donors (Lipinski definition) is 1. The van der Waals surface area contributed by atoms with E-state index in [2.05, 4.69) is 10.2 Å². The fraction of sp³-hybridized carbons (Fsp3) is 0.538. The van der Waals surface area contributed by atoms with Crippen LogP contribution in [0.3, 0.4) is 0 Å². The van der Waals surface area contributed by atoms with Gasteiger partial charge in [-0.25, -0.2) is 8.78 Å². The van der Waals surface area contributed by atoms with Crippen LogP contribution in [0.5, 0.6) is 0 Å². The summed E-state index contributed by atoms with van der Waals surface area (Å²) in [5.74, 6) is -1.07. The number of likely N-dealkylation sites (N-methyl/N-ethyl adjacent to an activating group) is 2. The van der Waals surface area contributed by atoms with Crippen molar-refractivity contribution < 1.29 is 13.5 Å². The molecule has 18 heavy (non-hydrogen) atoms. The third kappa shape index (κ3) is 2.68. The Morgan fingerprint density at radius 2 is 2.06 bits per heavy atom. The van der Waals surface area contributed by atoms with Gasteiger partial charge in [0.2, 0.25) is 0 Å². The highest BCUT2D eigenvalue weighted by molar-refractivity contribution is 5.24. The second-order valence-electron chi connectivity index (χ2n) is 4.57. The molecule has 1 aliphatic heterocycles. The summed E-state index contributed by atoms with van der Waals surface area (Å²) in [6.07, 6.45) is -0.250. The molecule has 0 aliphatic carbocycles. The first-order valence-corrected chi connectivity index (χ1v) is 6.04. The lowest BCUT2D eigenvalue weighted by Gasteiger charge is -2.35. The zero-order valence-electron chi connectivity index (χ0n) is 10.6. The first-order valence-electron chi connectivity index (χ1n) is 6.04. The van der Waals surface area contributed by atoms with Crippen LogP contribution in [0.4, 0.5) is 8.78 Å². The van der Waals surface area contributed by atoms with Gasteiger partial charge in [0, 0.05) is 18.7 Å². The van der Waals surface area contributed by atoms with Gasteiger partial charge >= 0.3 is 0 Å². The van der Waals surface area contributed by atoms with Gasteiger partial charge in [0.1, 0.15) is 11.6 Å². The molecule has 0 spiro atoms. The fourth-order valence-electron chi connectivity index (χ4n) is 2.34. The number of ether oxygens (including phenoxy) is 1. The maximum atomic E-state index is 13.8. The molecule has 100 valence electrons. The standard InChI is InChI=1S/C13H18F2N2O/c1-16-13(11-8-17(2)6-7-18-11)12-9(14)4-3-5-10(12)15/h3-5,11,13,16H,6-8H2,1-2H3. The molecule has 0 bridgehead atoms. The average molecular weight is 256 g/mol. The van der Waals surface area contributed by atoms with Gasteiger partial charge < -0.3 is 15.0 Å². The fourth-order valence-corrected chi connectivity index (χ4v) is 2.34. The van der Waals surface area contributed by atoms with Crippen molar-refractivity contribution in [2.75, 3.05) is 33.8 Å². The topological polar surface area (TPSA) is 24.5 Å². The van der Waals surface area contributed by atoms with Gasteiger partial charge in [0.15, 0.2) is 0 Å². The quantitative estimate of drug-likeness (QED) is 0.888. The summed E-state index contributed by atoms with van der Waals surface area (Å²) in [6.45, 7) is 2.07. The molecule has 2 rings (SSSR count). The summed E-state index contributed by atoms with van der Waals surface area (Å²) in [5, 5.41) is 2.96. The molecule has 1 fully saturated rings. The normalized spacial score (nSPS) is 23.0. The van der Waals surface area contributed by atoms with E-state index in [1.807, 2.05) is 7.05 Å². The summed E-state index contributed by atoms with van der Waals surface area (Å²) >= 11 is 0. The van der Waals surface area contributed by atoms with Crippen molar-refractivity contribution in [1.82, 2.24) is 10.2 Å². The zero-order valence-corrected chi connectivity index (χ0v) is 10.6. The van der Waals surface area contributed by atoms with Crippen LogP contribution in [0.25, 0.3) is 0 Å². The number of rotatable bonds is 3. The van der Waals surface area contributed by atoms with Crippen LogP contribution in [0, 0.1) is 11.6 Å².